The van der Waals surface area contributed by atoms with Crippen LogP contribution >= 0.6 is 0 Å². The number of esters is 1. The van der Waals surface area contributed by atoms with Crippen LogP contribution in [0.4, 0.5) is 0 Å². The maximum absolute atomic E-state index is 11.6. The topological polar surface area (TPSA) is 38.3 Å². The Morgan fingerprint density at radius 1 is 1.19 bits per heavy atom. The fourth-order valence-corrected chi connectivity index (χ4v) is 2.89. The van der Waals surface area contributed by atoms with Gasteiger partial charge in [-0.3, -0.25) is 10.1 Å². The Bertz CT molecular complexity index is 240. The summed E-state index contributed by atoms with van der Waals surface area (Å²) in [6.07, 6.45) is 3.62. The van der Waals surface area contributed by atoms with Crippen LogP contribution in [0.3, 0.4) is 0 Å². The lowest BCUT2D eigenvalue weighted by atomic mass is 9.79. The highest BCUT2D eigenvalue weighted by atomic mass is 16.5. The van der Waals surface area contributed by atoms with Gasteiger partial charge in [0.2, 0.25) is 0 Å². The van der Waals surface area contributed by atoms with E-state index in [1.54, 1.807) is 0 Å². The molecule has 0 bridgehead atoms. The Labute approximate surface area is 98.9 Å². The van der Waals surface area contributed by atoms with E-state index >= 15 is 0 Å². The molecule has 94 valence electrons. The van der Waals surface area contributed by atoms with Crippen LogP contribution in [0.25, 0.3) is 0 Å². The lowest BCUT2D eigenvalue weighted by Gasteiger charge is -2.36. The van der Waals surface area contributed by atoms with Gasteiger partial charge in [-0.15, -0.1) is 0 Å². The van der Waals surface area contributed by atoms with Gasteiger partial charge in [0.1, 0.15) is 5.54 Å². The molecule has 2 atom stereocenters. The molecule has 0 aromatic rings. The van der Waals surface area contributed by atoms with Crippen molar-refractivity contribution >= 4 is 5.97 Å². The number of carbonyl (C=O) groups excluding carboxylic acids is 1. The van der Waals surface area contributed by atoms with E-state index in [4.69, 9.17) is 4.74 Å². The highest BCUT2D eigenvalue weighted by Crippen LogP contribution is 2.29. The fraction of sp³-hybridized carbons (Fsp3) is 0.923. The lowest BCUT2D eigenvalue weighted by Crippen LogP contribution is -2.53. The summed E-state index contributed by atoms with van der Waals surface area (Å²) in [7, 11) is 1.44. The van der Waals surface area contributed by atoms with Gasteiger partial charge in [-0.05, 0) is 44.9 Å². The number of hydrogen-bond donors (Lipinski definition) is 1. The molecule has 1 N–H and O–H groups in total. The minimum atomic E-state index is -0.573. The molecular formula is C13H25NO2. The van der Waals surface area contributed by atoms with Crippen molar-refractivity contribution in [1.82, 2.24) is 5.32 Å². The Balaban J connectivity index is 2.56. The van der Waals surface area contributed by atoms with Crippen LogP contribution in [0, 0.1) is 11.8 Å². The second-order valence-corrected chi connectivity index (χ2v) is 5.88. The molecule has 1 saturated carbocycles. The number of carbonyl (C=O) groups is 1. The van der Waals surface area contributed by atoms with Crippen molar-refractivity contribution in [3.05, 3.63) is 0 Å². The first-order valence-corrected chi connectivity index (χ1v) is 6.21. The van der Waals surface area contributed by atoms with E-state index in [0.29, 0.717) is 6.04 Å². The zero-order valence-electron chi connectivity index (χ0n) is 11.2. The number of methoxy groups -OCH3 is 1. The monoisotopic (exact) mass is 227 g/mol. The fourth-order valence-electron chi connectivity index (χ4n) is 2.89. The smallest absolute Gasteiger partial charge is 0.325 e. The maximum Gasteiger partial charge on any atom is 0.325 e. The van der Waals surface area contributed by atoms with Gasteiger partial charge in [0, 0.05) is 6.04 Å². The normalized spacial score (nSPS) is 31.2. The molecule has 0 aromatic heterocycles. The number of nitrogens with one attached hydrogen (secondary N) is 1. The predicted molar refractivity (Wildman–Crippen MR) is 65.2 cm³/mol. The van der Waals surface area contributed by atoms with Gasteiger partial charge in [-0.25, -0.2) is 0 Å². The van der Waals surface area contributed by atoms with Gasteiger partial charge in [0.05, 0.1) is 7.11 Å². The minimum Gasteiger partial charge on any atom is -0.468 e. The van der Waals surface area contributed by atoms with Gasteiger partial charge in [-0.1, -0.05) is 13.8 Å². The molecule has 1 aliphatic rings. The van der Waals surface area contributed by atoms with Gasteiger partial charge in [-0.2, -0.15) is 0 Å². The summed E-state index contributed by atoms with van der Waals surface area (Å²) in [4.78, 5) is 11.6. The van der Waals surface area contributed by atoms with Gasteiger partial charge < -0.3 is 4.74 Å². The van der Waals surface area contributed by atoms with Crippen molar-refractivity contribution in [2.24, 2.45) is 11.8 Å². The molecule has 0 aliphatic heterocycles. The standard InChI is InChI=1S/C13H25NO2/c1-9-6-10(2)8-11(7-9)14-13(3,4)12(15)16-5/h9-11,14H,6-8H2,1-5H3. The molecule has 0 radical (unpaired) electrons. The molecule has 2 unspecified atom stereocenters. The molecule has 1 aliphatic carbocycles. The summed E-state index contributed by atoms with van der Waals surface area (Å²) in [5, 5.41) is 3.43. The Hall–Kier alpha value is -0.570. The third-order valence-corrected chi connectivity index (χ3v) is 3.44. The molecule has 0 amide bonds. The molecule has 0 saturated heterocycles. The molecule has 0 heterocycles. The van der Waals surface area contributed by atoms with Crippen molar-refractivity contribution in [2.45, 2.75) is 58.5 Å². The van der Waals surface area contributed by atoms with Gasteiger partial charge >= 0.3 is 5.97 Å². The molecule has 0 aromatic carbocycles. The summed E-state index contributed by atoms with van der Waals surface area (Å²) >= 11 is 0. The van der Waals surface area contributed by atoms with Crippen molar-refractivity contribution < 1.29 is 9.53 Å². The SMILES string of the molecule is COC(=O)C(C)(C)NC1CC(C)CC(C)C1. The molecular weight excluding hydrogens is 202 g/mol. The van der Waals surface area contributed by atoms with Crippen molar-refractivity contribution in [2.75, 3.05) is 7.11 Å². The first-order chi connectivity index (χ1) is 7.35. The summed E-state index contributed by atoms with van der Waals surface area (Å²) in [5.41, 5.74) is -0.573. The van der Waals surface area contributed by atoms with Crippen molar-refractivity contribution in [1.29, 1.82) is 0 Å². The number of ether oxygens (including phenoxy) is 1. The van der Waals surface area contributed by atoms with E-state index in [1.807, 2.05) is 13.8 Å². The average Bonchev–Trinajstić information content (AvgIpc) is 2.13. The van der Waals surface area contributed by atoms with Crippen LogP contribution in [0.2, 0.25) is 0 Å². The quantitative estimate of drug-likeness (QED) is 0.752. The second kappa shape index (κ2) is 5.17. The van der Waals surface area contributed by atoms with Gasteiger partial charge in [0.15, 0.2) is 0 Å². The van der Waals surface area contributed by atoms with Crippen LogP contribution in [0.1, 0.15) is 47.0 Å². The van der Waals surface area contributed by atoms with E-state index in [1.165, 1.54) is 13.5 Å². The molecule has 16 heavy (non-hydrogen) atoms. The van der Waals surface area contributed by atoms with E-state index in [0.717, 1.165) is 24.7 Å². The minimum absolute atomic E-state index is 0.182. The maximum atomic E-state index is 11.6. The van der Waals surface area contributed by atoms with Crippen molar-refractivity contribution in [3.63, 3.8) is 0 Å². The van der Waals surface area contributed by atoms with E-state index < -0.39 is 5.54 Å². The number of hydrogen-bond acceptors (Lipinski definition) is 3. The largest absolute Gasteiger partial charge is 0.468 e. The lowest BCUT2D eigenvalue weighted by molar-refractivity contribution is -0.147. The summed E-state index contributed by atoms with van der Waals surface area (Å²) in [5.74, 6) is 1.31. The van der Waals surface area contributed by atoms with Crippen LogP contribution < -0.4 is 5.32 Å². The zero-order chi connectivity index (χ0) is 12.3. The third kappa shape index (κ3) is 3.48. The van der Waals surface area contributed by atoms with Crippen molar-refractivity contribution in [3.8, 4) is 0 Å². The van der Waals surface area contributed by atoms with E-state index in [9.17, 15) is 4.79 Å². The summed E-state index contributed by atoms with van der Waals surface area (Å²) in [6.45, 7) is 8.36. The molecule has 1 fully saturated rings. The highest BCUT2D eigenvalue weighted by molar-refractivity contribution is 5.79. The average molecular weight is 227 g/mol. The zero-order valence-corrected chi connectivity index (χ0v) is 11.2. The van der Waals surface area contributed by atoms with Crippen LogP contribution in [-0.2, 0) is 9.53 Å². The summed E-state index contributed by atoms with van der Waals surface area (Å²) < 4.78 is 4.81. The van der Waals surface area contributed by atoms with Crippen LogP contribution in [0.5, 0.6) is 0 Å². The third-order valence-electron chi connectivity index (χ3n) is 3.44. The van der Waals surface area contributed by atoms with Gasteiger partial charge in [0.25, 0.3) is 0 Å². The Morgan fingerprint density at radius 3 is 2.12 bits per heavy atom. The first-order valence-electron chi connectivity index (χ1n) is 6.21. The Kier molecular flexibility index (Phi) is 4.36. The molecule has 3 heteroatoms. The summed E-state index contributed by atoms with van der Waals surface area (Å²) in [6, 6.07) is 0.438. The van der Waals surface area contributed by atoms with E-state index in [2.05, 4.69) is 19.2 Å². The molecule has 1 rings (SSSR count). The molecule has 0 spiro atoms. The van der Waals surface area contributed by atoms with Crippen LogP contribution in [-0.4, -0.2) is 24.7 Å². The number of rotatable bonds is 3. The second-order valence-electron chi connectivity index (χ2n) is 5.88. The molecule has 3 nitrogen and oxygen atoms in total. The predicted octanol–water partition coefficient (Wildman–Crippen LogP) is 2.35. The van der Waals surface area contributed by atoms with E-state index in [-0.39, 0.29) is 5.97 Å². The first kappa shape index (κ1) is 13.5. The Morgan fingerprint density at radius 2 is 1.69 bits per heavy atom. The highest BCUT2D eigenvalue weighted by Gasteiger charge is 2.33. The van der Waals surface area contributed by atoms with Crippen LogP contribution in [0.15, 0.2) is 0 Å².